The fourth-order valence-electron chi connectivity index (χ4n) is 1.47. The molecule has 7 nitrogen and oxygen atoms in total. The second-order valence-electron chi connectivity index (χ2n) is 3.72. The summed E-state index contributed by atoms with van der Waals surface area (Å²) >= 11 is 0. The van der Waals surface area contributed by atoms with Crippen molar-refractivity contribution in [3.63, 3.8) is 0 Å². The molecule has 3 N–H and O–H groups in total. The summed E-state index contributed by atoms with van der Waals surface area (Å²) in [5, 5.41) is 20.4. The van der Waals surface area contributed by atoms with Crippen molar-refractivity contribution in [2.75, 3.05) is 6.54 Å². The van der Waals surface area contributed by atoms with Crippen LogP contribution in [-0.4, -0.2) is 37.8 Å². The van der Waals surface area contributed by atoms with E-state index in [1.165, 1.54) is 4.80 Å². The van der Waals surface area contributed by atoms with Crippen LogP contribution in [0, 0.1) is 5.92 Å². The lowest BCUT2D eigenvalue weighted by Crippen LogP contribution is -2.17. The molecule has 0 aromatic carbocycles. The second-order valence-corrected chi connectivity index (χ2v) is 3.72. The van der Waals surface area contributed by atoms with E-state index in [2.05, 4.69) is 15.4 Å². The summed E-state index contributed by atoms with van der Waals surface area (Å²) in [5.74, 6) is -0.789. The van der Waals surface area contributed by atoms with Gasteiger partial charge < -0.3 is 10.8 Å². The van der Waals surface area contributed by atoms with E-state index >= 15 is 0 Å². The van der Waals surface area contributed by atoms with E-state index in [0.717, 1.165) is 12.8 Å². The number of carboxylic acids is 1. The number of hydrogen-bond acceptors (Lipinski definition) is 5. The van der Waals surface area contributed by atoms with Gasteiger partial charge >= 0.3 is 5.97 Å². The minimum absolute atomic E-state index is 0.327. The van der Waals surface area contributed by atoms with Crippen LogP contribution in [0.4, 0.5) is 0 Å². The van der Waals surface area contributed by atoms with Crippen molar-refractivity contribution in [1.29, 1.82) is 0 Å². The van der Waals surface area contributed by atoms with Gasteiger partial charge in [-0.15, -0.1) is 10.2 Å². The summed E-state index contributed by atoms with van der Waals surface area (Å²) < 4.78 is 0. The first-order chi connectivity index (χ1) is 7.63. The summed E-state index contributed by atoms with van der Waals surface area (Å²) in [6.45, 7) is 0.593. The van der Waals surface area contributed by atoms with Gasteiger partial charge in [0.15, 0.2) is 5.82 Å². The number of tetrazole rings is 1. The van der Waals surface area contributed by atoms with Gasteiger partial charge in [-0.3, -0.25) is 4.79 Å². The number of rotatable bonds is 7. The van der Waals surface area contributed by atoms with Crippen LogP contribution in [0.5, 0.6) is 0 Å². The van der Waals surface area contributed by atoms with Crippen LogP contribution >= 0.6 is 0 Å². The van der Waals surface area contributed by atoms with Crippen molar-refractivity contribution < 1.29 is 9.90 Å². The second kappa shape index (κ2) is 6.16. The van der Waals surface area contributed by atoms with E-state index in [1.807, 2.05) is 0 Å². The third-order valence-corrected chi connectivity index (χ3v) is 2.33. The van der Waals surface area contributed by atoms with Crippen LogP contribution in [0.15, 0.2) is 0 Å². The Kier molecular flexibility index (Phi) is 4.84. The molecule has 0 aliphatic heterocycles. The van der Waals surface area contributed by atoms with Gasteiger partial charge in [0.1, 0.15) is 0 Å². The number of hydrogen-bond donors (Lipinski definition) is 2. The van der Waals surface area contributed by atoms with Crippen molar-refractivity contribution in [3.05, 3.63) is 5.82 Å². The average Bonchev–Trinajstić information content (AvgIpc) is 2.63. The average molecular weight is 227 g/mol. The molecular formula is C9H17N5O2. The molecule has 0 aliphatic carbocycles. The number of carbonyl (C=O) groups is 1. The number of aliphatic carboxylic acids is 1. The van der Waals surface area contributed by atoms with Gasteiger partial charge in [0, 0.05) is 6.42 Å². The Morgan fingerprint density at radius 2 is 2.31 bits per heavy atom. The number of nitrogens with two attached hydrogens (primary N) is 1. The van der Waals surface area contributed by atoms with E-state index in [-0.39, 0.29) is 0 Å². The van der Waals surface area contributed by atoms with Crippen LogP contribution in [0.2, 0.25) is 0 Å². The molecule has 0 radical (unpaired) electrons. The highest BCUT2D eigenvalue weighted by molar-refractivity contribution is 5.70. The summed E-state index contributed by atoms with van der Waals surface area (Å²) in [7, 11) is 1.65. The summed E-state index contributed by atoms with van der Waals surface area (Å²) in [6, 6.07) is 0. The zero-order valence-electron chi connectivity index (χ0n) is 9.33. The number of aryl methyl sites for hydroxylation is 1. The van der Waals surface area contributed by atoms with E-state index in [0.29, 0.717) is 25.2 Å². The molecule has 90 valence electrons. The SMILES string of the molecule is Cn1nnc(CC(CCCCN)C(=O)O)n1. The fraction of sp³-hybridized carbons (Fsp3) is 0.778. The first kappa shape index (κ1) is 12.6. The van der Waals surface area contributed by atoms with Gasteiger partial charge in [0.2, 0.25) is 0 Å². The van der Waals surface area contributed by atoms with Crippen LogP contribution in [0.3, 0.4) is 0 Å². The molecule has 0 bridgehead atoms. The zero-order valence-corrected chi connectivity index (χ0v) is 9.33. The summed E-state index contributed by atoms with van der Waals surface area (Å²) in [6.07, 6.45) is 2.59. The van der Waals surface area contributed by atoms with Crippen molar-refractivity contribution >= 4 is 5.97 Å². The van der Waals surface area contributed by atoms with E-state index in [4.69, 9.17) is 10.8 Å². The zero-order chi connectivity index (χ0) is 12.0. The molecule has 1 aromatic heterocycles. The predicted octanol–water partition coefficient (Wildman–Crippen LogP) is -0.418. The molecule has 0 saturated carbocycles. The minimum Gasteiger partial charge on any atom is -0.481 e. The third-order valence-electron chi connectivity index (χ3n) is 2.33. The van der Waals surface area contributed by atoms with E-state index < -0.39 is 11.9 Å². The molecule has 1 atom stereocenters. The number of carboxylic acid groups (broad SMARTS) is 1. The van der Waals surface area contributed by atoms with Gasteiger partial charge in [-0.05, 0) is 24.6 Å². The summed E-state index contributed by atoms with van der Waals surface area (Å²) in [5.41, 5.74) is 5.36. The van der Waals surface area contributed by atoms with E-state index in [9.17, 15) is 4.79 Å². The molecule has 0 fully saturated rings. The van der Waals surface area contributed by atoms with Gasteiger partial charge in [-0.1, -0.05) is 6.42 Å². The van der Waals surface area contributed by atoms with Crippen molar-refractivity contribution in [2.24, 2.45) is 18.7 Å². The quantitative estimate of drug-likeness (QED) is 0.613. The van der Waals surface area contributed by atoms with Crippen LogP contribution in [-0.2, 0) is 18.3 Å². The smallest absolute Gasteiger partial charge is 0.306 e. The Hall–Kier alpha value is -1.50. The maximum Gasteiger partial charge on any atom is 0.306 e. The van der Waals surface area contributed by atoms with Crippen LogP contribution in [0.25, 0.3) is 0 Å². The largest absolute Gasteiger partial charge is 0.481 e. The van der Waals surface area contributed by atoms with Crippen molar-refractivity contribution in [2.45, 2.75) is 25.7 Å². The molecule has 0 aliphatic rings. The molecule has 1 aromatic rings. The molecule has 1 unspecified atom stereocenters. The van der Waals surface area contributed by atoms with Gasteiger partial charge in [-0.25, -0.2) is 0 Å². The fourth-order valence-corrected chi connectivity index (χ4v) is 1.47. The topological polar surface area (TPSA) is 107 Å². The minimum atomic E-state index is -0.815. The Bertz CT molecular complexity index is 338. The monoisotopic (exact) mass is 227 g/mol. The standard InChI is InChI=1S/C9H17N5O2/c1-14-12-8(11-13-14)6-7(9(15)16)4-2-3-5-10/h7H,2-6,10H2,1H3,(H,15,16). The number of aromatic nitrogens is 4. The number of unbranched alkanes of at least 4 members (excludes halogenated alkanes) is 1. The Balaban J connectivity index is 2.47. The van der Waals surface area contributed by atoms with Crippen molar-refractivity contribution in [3.8, 4) is 0 Å². The molecule has 16 heavy (non-hydrogen) atoms. The lowest BCUT2D eigenvalue weighted by molar-refractivity contribution is -0.142. The van der Waals surface area contributed by atoms with E-state index in [1.54, 1.807) is 7.05 Å². The maximum absolute atomic E-state index is 11.0. The molecule has 0 amide bonds. The summed E-state index contributed by atoms with van der Waals surface area (Å²) in [4.78, 5) is 12.3. The Morgan fingerprint density at radius 1 is 1.56 bits per heavy atom. The lowest BCUT2D eigenvalue weighted by Gasteiger charge is -2.08. The lowest BCUT2D eigenvalue weighted by atomic mass is 9.98. The van der Waals surface area contributed by atoms with Crippen LogP contribution in [0.1, 0.15) is 25.1 Å². The van der Waals surface area contributed by atoms with Gasteiger partial charge in [0.05, 0.1) is 13.0 Å². The maximum atomic E-state index is 11.0. The normalized spacial score (nSPS) is 12.6. The molecule has 1 heterocycles. The molecule has 7 heteroatoms. The first-order valence-electron chi connectivity index (χ1n) is 5.29. The molecular weight excluding hydrogens is 210 g/mol. The van der Waals surface area contributed by atoms with Crippen LogP contribution < -0.4 is 5.73 Å². The predicted molar refractivity (Wildman–Crippen MR) is 56.5 cm³/mol. The highest BCUT2D eigenvalue weighted by atomic mass is 16.4. The Labute approximate surface area is 93.6 Å². The van der Waals surface area contributed by atoms with Crippen molar-refractivity contribution in [1.82, 2.24) is 20.2 Å². The first-order valence-corrected chi connectivity index (χ1v) is 5.29. The third kappa shape index (κ3) is 3.93. The van der Waals surface area contributed by atoms with Gasteiger partial charge in [-0.2, -0.15) is 4.80 Å². The highest BCUT2D eigenvalue weighted by Crippen LogP contribution is 2.12. The Morgan fingerprint density at radius 3 is 2.81 bits per heavy atom. The number of nitrogens with zero attached hydrogens (tertiary/aromatic N) is 4. The van der Waals surface area contributed by atoms with Gasteiger partial charge in [0.25, 0.3) is 0 Å². The molecule has 0 saturated heterocycles. The highest BCUT2D eigenvalue weighted by Gasteiger charge is 2.19. The molecule has 0 spiro atoms. The molecule has 1 rings (SSSR count).